The maximum atomic E-state index is 11.5. The summed E-state index contributed by atoms with van der Waals surface area (Å²) in [5.74, 6) is 0. The van der Waals surface area contributed by atoms with Crippen LogP contribution in [0.1, 0.15) is 6.92 Å². The molecule has 0 heterocycles. The zero-order chi connectivity index (χ0) is 17.5. The third kappa shape index (κ3) is 7.27. The zero-order valence-corrected chi connectivity index (χ0v) is 14.6. The number of hydrogen-bond donors (Lipinski definition) is 0. The van der Waals surface area contributed by atoms with Gasteiger partial charge in [-0.3, -0.25) is 14.3 Å². The van der Waals surface area contributed by atoms with Crippen LogP contribution in [0.5, 0.6) is 0 Å². The molecule has 2 unspecified atom stereocenters. The molecule has 0 N–H and O–H groups in total. The van der Waals surface area contributed by atoms with E-state index >= 15 is 0 Å². The van der Waals surface area contributed by atoms with Crippen LogP contribution in [0.3, 0.4) is 0 Å². The van der Waals surface area contributed by atoms with Crippen LogP contribution in [0.25, 0.3) is 0 Å². The van der Waals surface area contributed by atoms with Gasteiger partial charge in [-0.15, -0.1) is 0 Å². The van der Waals surface area contributed by atoms with Crippen molar-refractivity contribution < 1.29 is 27.0 Å². The second-order valence-electron chi connectivity index (χ2n) is 4.65. The van der Waals surface area contributed by atoms with Gasteiger partial charge in [-0.05, 0) is 30.8 Å². The summed E-state index contributed by atoms with van der Waals surface area (Å²) in [5.41, 5.74) is 0. The lowest BCUT2D eigenvalue weighted by molar-refractivity contribution is -0.507. The van der Waals surface area contributed by atoms with Gasteiger partial charge in [0.15, 0.2) is 6.10 Å². The molecule has 1 aromatic rings. The molecule has 130 valence electrons. The third-order valence-corrected chi connectivity index (χ3v) is 4.48. The van der Waals surface area contributed by atoms with E-state index in [-0.39, 0.29) is 6.79 Å². The number of nitro groups is 1. The highest BCUT2D eigenvalue weighted by atomic mass is 32.2. The molecule has 3 atom stereocenters. The van der Waals surface area contributed by atoms with Crippen LogP contribution >= 0.6 is 11.8 Å². The number of methoxy groups -OCH3 is 1. The number of benzene rings is 1. The van der Waals surface area contributed by atoms with Crippen LogP contribution in [-0.2, 0) is 23.8 Å². The Morgan fingerprint density at radius 3 is 2.39 bits per heavy atom. The molecule has 0 saturated heterocycles. The summed E-state index contributed by atoms with van der Waals surface area (Å²) < 4.78 is 37.8. The van der Waals surface area contributed by atoms with Crippen molar-refractivity contribution in [2.45, 2.75) is 29.4 Å². The number of hydrogen-bond acceptors (Lipinski definition) is 8. The Morgan fingerprint density at radius 1 is 1.30 bits per heavy atom. The average Bonchev–Trinajstić information content (AvgIpc) is 2.48. The minimum Gasteiger partial charge on any atom is -0.359 e. The number of thioether (sulfide) groups is 1. The molecule has 8 nitrogen and oxygen atoms in total. The summed E-state index contributed by atoms with van der Waals surface area (Å²) in [7, 11) is -2.51. The van der Waals surface area contributed by atoms with Crippen molar-refractivity contribution in [1.82, 2.24) is 0 Å². The van der Waals surface area contributed by atoms with Crippen LogP contribution in [0.4, 0.5) is 0 Å². The van der Waals surface area contributed by atoms with Gasteiger partial charge in [-0.25, -0.2) is 0 Å². The first kappa shape index (κ1) is 19.8. The Bertz CT molecular complexity index is 594. The molecule has 0 aliphatic carbocycles. The lowest BCUT2D eigenvalue weighted by atomic mass is 10.2. The number of rotatable bonds is 10. The van der Waals surface area contributed by atoms with Crippen molar-refractivity contribution >= 4 is 21.9 Å². The number of nitrogens with zero attached hydrogens (tertiary/aromatic N) is 1. The second kappa shape index (κ2) is 9.18. The molecular weight excluding hydrogens is 346 g/mol. The second-order valence-corrected chi connectivity index (χ2v) is 7.44. The van der Waals surface area contributed by atoms with E-state index in [0.717, 1.165) is 18.0 Å². The van der Waals surface area contributed by atoms with Crippen LogP contribution < -0.4 is 0 Å². The van der Waals surface area contributed by atoms with Gasteiger partial charge < -0.3 is 9.47 Å². The van der Waals surface area contributed by atoms with E-state index in [1.807, 2.05) is 0 Å². The van der Waals surface area contributed by atoms with Gasteiger partial charge >= 0.3 is 0 Å². The maximum absolute atomic E-state index is 11.5. The van der Waals surface area contributed by atoms with Gasteiger partial charge in [0.1, 0.15) is 6.79 Å². The van der Waals surface area contributed by atoms with Gasteiger partial charge in [0.05, 0.1) is 12.4 Å². The number of ether oxygens (including phenoxy) is 2. The minimum atomic E-state index is -3.90. The monoisotopic (exact) mass is 365 g/mol. The maximum Gasteiger partial charge on any atom is 0.292 e. The molecular formula is C13H19NO7S2. The summed E-state index contributed by atoms with van der Waals surface area (Å²) in [4.78, 5) is 11.5. The zero-order valence-electron chi connectivity index (χ0n) is 12.9. The normalized spacial score (nSPS) is 15.8. The Morgan fingerprint density at radius 2 is 1.91 bits per heavy atom. The SMILES string of the molecule is COCO[C@@H](C)C(OS(C)(=O)=O)C(Sc1ccccc1)[N+](=O)[O-]. The largest absolute Gasteiger partial charge is 0.359 e. The summed E-state index contributed by atoms with van der Waals surface area (Å²) in [6, 6.07) is 8.63. The highest BCUT2D eigenvalue weighted by Gasteiger charge is 2.40. The van der Waals surface area contributed by atoms with E-state index in [4.69, 9.17) is 13.7 Å². The molecule has 0 fully saturated rings. The standard InChI is InChI=1S/C13H19NO7S2/c1-10(20-9-19-2)12(21-23(3,17)18)13(14(15)16)22-11-7-5-4-6-8-11/h4-8,10,12-13H,9H2,1-3H3/t10-,12?,13?/m0/s1. The van der Waals surface area contributed by atoms with Gasteiger partial charge in [-0.1, -0.05) is 18.2 Å². The molecule has 0 radical (unpaired) electrons. The van der Waals surface area contributed by atoms with Crippen molar-refractivity contribution in [2.24, 2.45) is 0 Å². The summed E-state index contributed by atoms with van der Waals surface area (Å²) >= 11 is 0.898. The molecule has 23 heavy (non-hydrogen) atoms. The Hall–Kier alpha value is -1.20. The summed E-state index contributed by atoms with van der Waals surface area (Å²) in [6.45, 7) is 1.36. The van der Waals surface area contributed by atoms with Gasteiger partial charge in [0.2, 0.25) is 0 Å². The molecule has 1 aromatic carbocycles. The molecule has 1 rings (SSSR count). The van der Waals surface area contributed by atoms with Gasteiger partial charge in [-0.2, -0.15) is 8.42 Å². The van der Waals surface area contributed by atoms with Crippen molar-refractivity contribution in [3.8, 4) is 0 Å². The molecule has 0 aromatic heterocycles. The fourth-order valence-corrected chi connectivity index (χ4v) is 3.52. The van der Waals surface area contributed by atoms with Crippen LogP contribution in [-0.4, -0.2) is 51.1 Å². The first-order chi connectivity index (χ1) is 10.7. The fourth-order valence-electron chi connectivity index (χ4n) is 1.70. The molecule has 0 aliphatic heterocycles. The third-order valence-electron chi connectivity index (χ3n) is 2.69. The van der Waals surface area contributed by atoms with Gasteiger partial charge in [0, 0.05) is 16.9 Å². The first-order valence-corrected chi connectivity index (χ1v) is 9.28. The average molecular weight is 365 g/mol. The van der Waals surface area contributed by atoms with Gasteiger partial charge in [0.25, 0.3) is 15.5 Å². The first-order valence-electron chi connectivity index (χ1n) is 6.58. The highest BCUT2D eigenvalue weighted by Crippen LogP contribution is 2.29. The van der Waals surface area contributed by atoms with Crippen LogP contribution in [0.2, 0.25) is 0 Å². The van der Waals surface area contributed by atoms with E-state index in [2.05, 4.69) is 0 Å². The predicted octanol–water partition coefficient (Wildman–Crippen LogP) is 1.74. The van der Waals surface area contributed by atoms with E-state index in [9.17, 15) is 18.5 Å². The Balaban J connectivity index is 3.03. The van der Waals surface area contributed by atoms with Crippen molar-refractivity contribution in [2.75, 3.05) is 20.2 Å². The lowest BCUT2D eigenvalue weighted by Crippen LogP contribution is -2.43. The van der Waals surface area contributed by atoms with Crippen LogP contribution in [0.15, 0.2) is 35.2 Å². The molecule has 0 amide bonds. The van der Waals surface area contributed by atoms with Crippen molar-refractivity contribution in [3.63, 3.8) is 0 Å². The van der Waals surface area contributed by atoms with E-state index in [0.29, 0.717) is 4.90 Å². The fraction of sp³-hybridized carbons (Fsp3) is 0.538. The Labute approximate surface area is 139 Å². The van der Waals surface area contributed by atoms with Crippen LogP contribution in [0, 0.1) is 10.1 Å². The van der Waals surface area contributed by atoms with Crippen molar-refractivity contribution in [3.05, 3.63) is 40.4 Å². The quantitative estimate of drug-likeness (QED) is 0.203. The van der Waals surface area contributed by atoms with Crippen molar-refractivity contribution in [1.29, 1.82) is 0 Å². The van der Waals surface area contributed by atoms with E-state index in [1.54, 1.807) is 30.3 Å². The van der Waals surface area contributed by atoms with E-state index in [1.165, 1.54) is 14.0 Å². The molecule has 0 bridgehead atoms. The highest BCUT2D eigenvalue weighted by molar-refractivity contribution is 7.99. The Kier molecular flexibility index (Phi) is 7.92. The summed E-state index contributed by atoms with van der Waals surface area (Å²) in [5, 5.41) is 10.1. The molecule has 10 heteroatoms. The smallest absolute Gasteiger partial charge is 0.292 e. The minimum absolute atomic E-state index is 0.134. The topological polar surface area (TPSA) is 105 Å². The lowest BCUT2D eigenvalue weighted by Gasteiger charge is -2.25. The molecule has 0 aliphatic rings. The summed E-state index contributed by atoms with van der Waals surface area (Å²) in [6.07, 6.45) is -1.33. The molecule has 0 saturated carbocycles. The predicted molar refractivity (Wildman–Crippen MR) is 85.2 cm³/mol. The van der Waals surface area contributed by atoms with E-state index < -0.39 is 32.6 Å². The molecule has 0 spiro atoms.